The highest BCUT2D eigenvalue weighted by Gasteiger charge is 2.14. The van der Waals surface area contributed by atoms with Gasteiger partial charge in [-0.2, -0.15) is 0 Å². The molecule has 0 saturated heterocycles. The third kappa shape index (κ3) is 5.50. The van der Waals surface area contributed by atoms with Gasteiger partial charge in [0.15, 0.2) is 10.8 Å². The Labute approximate surface area is 215 Å². The van der Waals surface area contributed by atoms with E-state index < -0.39 is 0 Å². The summed E-state index contributed by atoms with van der Waals surface area (Å²) in [5.74, 6) is 0.763. The summed E-state index contributed by atoms with van der Waals surface area (Å²) in [6.45, 7) is 5.31. The summed E-state index contributed by atoms with van der Waals surface area (Å²) in [4.78, 5) is 22.1. The molecule has 1 N–H and O–H groups in total. The normalized spacial score (nSPS) is 11.1. The zero-order valence-electron chi connectivity index (χ0n) is 20.4. The molecule has 2 heterocycles. The minimum Gasteiger partial charge on any atom is -0.348 e. The number of aryl methyl sites for hydroxylation is 2. The fraction of sp³-hybridized carbons (Fsp3) is 0.167. The number of nitrogens with one attached hydrogen (secondary N) is 1. The van der Waals surface area contributed by atoms with Crippen LogP contribution in [0.15, 0.2) is 96.3 Å². The number of amides is 1. The maximum absolute atomic E-state index is 12.7. The molecule has 0 fully saturated rings. The molecule has 3 aromatic carbocycles. The lowest BCUT2D eigenvalue weighted by Gasteiger charge is -2.10. The summed E-state index contributed by atoms with van der Waals surface area (Å²) in [6, 6.07) is 28.3. The van der Waals surface area contributed by atoms with Crippen LogP contribution in [0.3, 0.4) is 0 Å². The van der Waals surface area contributed by atoms with Gasteiger partial charge in [0.1, 0.15) is 5.52 Å². The predicted molar refractivity (Wildman–Crippen MR) is 146 cm³/mol. The lowest BCUT2D eigenvalue weighted by molar-refractivity contribution is 0.0951. The molecular weight excluding hydrogens is 464 g/mol. The van der Waals surface area contributed by atoms with Crippen LogP contribution in [0.5, 0.6) is 0 Å². The second kappa shape index (κ2) is 10.8. The number of carbonyl (C=O) groups is 1. The number of aromatic nitrogens is 3. The standard InChI is InChI=1S/C30H28N4OS/c1-21-7-5-9-24(17-21)20-36-30-33-27-11-6-16-31-28(27)34(30)19-23-12-14-25(15-13-23)29(35)32-18-26-10-4-3-8-22(26)2/h3-17H,18-20H2,1-2H3,(H,32,35). The molecule has 0 radical (unpaired) electrons. The van der Waals surface area contributed by atoms with E-state index in [-0.39, 0.29) is 5.91 Å². The van der Waals surface area contributed by atoms with Crippen molar-refractivity contribution in [3.05, 3.63) is 125 Å². The first-order valence-electron chi connectivity index (χ1n) is 12.0. The van der Waals surface area contributed by atoms with Crippen LogP contribution in [-0.4, -0.2) is 20.4 Å². The Balaban J connectivity index is 1.31. The molecule has 0 aliphatic carbocycles. The predicted octanol–water partition coefficient (Wildman–Crippen LogP) is 6.32. The van der Waals surface area contributed by atoms with Crippen molar-refractivity contribution in [2.75, 3.05) is 0 Å². The van der Waals surface area contributed by atoms with E-state index in [4.69, 9.17) is 4.98 Å². The van der Waals surface area contributed by atoms with Crippen molar-refractivity contribution in [2.45, 2.75) is 37.8 Å². The molecule has 5 aromatic rings. The van der Waals surface area contributed by atoms with E-state index in [0.717, 1.165) is 33.2 Å². The fourth-order valence-corrected chi connectivity index (χ4v) is 5.12. The van der Waals surface area contributed by atoms with Crippen LogP contribution in [0.1, 0.15) is 38.2 Å². The average molecular weight is 493 g/mol. The third-order valence-electron chi connectivity index (χ3n) is 6.18. The van der Waals surface area contributed by atoms with Crippen molar-refractivity contribution < 1.29 is 4.79 Å². The van der Waals surface area contributed by atoms with Crippen LogP contribution in [-0.2, 0) is 18.8 Å². The topological polar surface area (TPSA) is 59.8 Å². The molecule has 1 amide bonds. The van der Waals surface area contributed by atoms with Gasteiger partial charge in [-0.3, -0.25) is 9.36 Å². The molecule has 0 aliphatic rings. The third-order valence-corrected chi connectivity index (χ3v) is 7.22. The first-order valence-corrected chi connectivity index (χ1v) is 13.0. The number of carbonyl (C=O) groups excluding carboxylic acids is 1. The van der Waals surface area contributed by atoms with Crippen LogP contribution in [0, 0.1) is 13.8 Å². The van der Waals surface area contributed by atoms with Crippen molar-refractivity contribution in [1.82, 2.24) is 19.9 Å². The number of thioether (sulfide) groups is 1. The number of benzene rings is 3. The minimum absolute atomic E-state index is 0.0750. The zero-order valence-corrected chi connectivity index (χ0v) is 21.3. The van der Waals surface area contributed by atoms with E-state index in [1.54, 1.807) is 18.0 Å². The van der Waals surface area contributed by atoms with Gasteiger partial charge in [-0.1, -0.05) is 78.0 Å². The quantitative estimate of drug-likeness (QED) is 0.258. The van der Waals surface area contributed by atoms with E-state index in [9.17, 15) is 4.79 Å². The van der Waals surface area contributed by atoms with Gasteiger partial charge in [0.25, 0.3) is 5.91 Å². The van der Waals surface area contributed by atoms with E-state index in [1.165, 1.54) is 16.7 Å². The second-order valence-corrected chi connectivity index (χ2v) is 9.85. The number of hydrogen-bond acceptors (Lipinski definition) is 4. The zero-order chi connectivity index (χ0) is 24.9. The van der Waals surface area contributed by atoms with Gasteiger partial charge in [0, 0.05) is 24.1 Å². The number of fused-ring (bicyclic) bond motifs is 1. The van der Waals surface area contributed by atoms with E-state index in [0.29, 0.717) is 18.7 Å². The summed E-state index contributed by atoms with van der Waals surface area (Å²) in [6.07, 6.45) is 1.80. The Kier molecular flexibility index (Phi) is 7.14. The van der Waals surface area contributed by atoms with Gasteiger partial charge in [-0.25, -0.2) is 9.97 Å². The van der Waals surface area contributed by atoms with Crippen molar-refractivity contribution in [1.29, 1.82) is 0 Å². The average Bonchev–Trinajstić information content (AvgIpc) is 3.24. The first kappa shape index (κ1) is 23.8. The lowest BCUT2D eigenvalue weighted by atomic mass is 10.1. The molecule has 180 valence electrons. The smallest absolute Gasteiger partial charge is 0.251 e. The Hall–Kier alpha value is -3.90. The maximum Gasteiger partial charge on any atom is 0.251 e. The molecule has 0 saturated carbocycles. The van der Waals surface area contributed by atoms with Crippen LogP contribution in [0.25, 0.3) is 11.2 Å². The summed E-state index contributed by atoms with van der Waals surface area (Å²) in [7, 11) is 0. The highest BCUT2D eigenvalue weighted by Crippen LogP contribution is 2.27. The summed E-state index contributed by atoms with van der Waals surface area (Å²) in [5.41, 5.74) is 8.31. The largest absolute Gasteiger partial charge is 0.348 e. The van der Waals surface area contributed by atoms with Gasteiger partial charge in [-0.15, -0.1) is 0 Å². The summed E-state index contributed by atoms with van der Waals surface area (Å²) >= 11 is 1.72. The summed E-state index contributed by atoms with van der Waals surface area (Å²) < 4.78 is 2.16. The van der Waals surface area contributed by atoms with Crippen molar-refractivity contribution in [3.63, 3.8) is 0 Å². The van der Waals surface area contributed by atoms with Crippen LogP contribution >= 0.6 is 11.8 Å². The molecule has 6 heteroatoms. The van der Waals surface area contributed by atoms with Gasteiger partial charge in [0.2, 0.25) is 0 Å². The molecule has 0 spiro atoms. The highest BCUT2D eigenvalue weighted by molar-refractivity contribution is 7.98. The van der Waals surface area contributed by atoms with E-state index in [1.807, 2.05) is 54.6 Å². The molecular formula is C30H28N4OS. The van der Waals surface area contributed by atoms with Gasteiger partial charge in [0.05, 0.1) is 6.54 Å². The van der Waals surface area contributed by atoms with E-state index in [2.05, 4.69) is 59.0 Å². The molecule has 0 unspecified atom stereocenters. The lowest BCUT2D eigenvalue weighted by Crippen LogP contribution is -2.23. The molecule has 0 atom stereocenters. The van der Waals surface area contributed by atoms with Crippen LogP contribution in [0.2, 0.25) is 0 Å². The number of nitrogens with zero attached hydrogens (tertiary/aromatic N) is 3. The number of imidazole rings is 1. The maximum atomic E-state index is 12.7. The van der Waals surface area contributed by atoms with Gasteiger partial charge in [-0.05, 0) is 60.4 Å². The molecule has 2 aromatic heterocycles. The van der Waals surface area contributed by atoms with Gasteiger partial charge < -0.3 is 5.32 Å². The molecule has 36 heavy (non-hydrogen) atoms. The fourth-order valence-electron chi connectivity index (χ4n) is 4.17. The molecule has 5 rings (SSSR count). The minimum atomic E-state index is -0.0750. The van der Waals surface area contributed by atoms with Crippen molar-refractivity contribution >= 4 is 28.8 Å². The number of pyridine rings is 1. The SMILES string of the molecule is Cc1cccc(CSc2nc3cccnc3n2Cc2ccc(C(=O)NCc3ccccc3C)cc2)c1. The molecule has 0 bridgehead atoms. The van der Waals surface area contributed by atoms with Crippen LogP contribution < -0.4 is 5.32 Å². The number of hydrogen-bond donors (Lipinski definition) is 1. The van der Waals surface area contributed by atoms with Crippen molar-refractivity contribution in [2.24, 2.45) is 0 Å². The Bertz CT molecular complexity index is 1510. The molecule has 0 aliphatic heterocycles. The second-order valence-electron chi connectivity index (χ2n) is 8.91. The monoisotopic (exact) mass is 492 g/mol. The summed E-state index contributed by atoms with van der Waals surface area (Å²) in [5, 5.41) is 3.96. The highest BCUT2D eigenvalue weighted by atomic mass is 32.2. The first-order chi connectivity index (χ1) is 17.6. The van der Waals surface area contributed by atoms with Crippen LogP contribution in [0.4, 0.5) is 0 Å². The van der Waals surface area contributed by atoms with E-state index >= 15 is 0 Å². The molecule has 5 nitrogen and oxygen atoms in total. The van der Waals surface area contributed by atoms with Gasteiger partial charge >= 0.3 is 0 Å². The Morgan fingerprint density at radius 3 is 2.56 bits per heavy atom. The Morgan fingerprint density at radius 2 is 1.75 bits per heavy atom. The van der Waals surface area contributed by atoms with Crippen molar-refractivity contribution in [3.8, 4) is 0 Å². The number of rotatable bonds is 8. The Morgan fingerprint density at radius 1 is 0.917 bits per heavy atom.